The van der Waals surface area contributed by atoms with Crippen LogP contribution in [0, 0.1) is 6.92 Å². The molecule has 0 unspecified atom stereocenters. The lowest BCUT2D eigenvalue weighted by Gasteiger charge is -2.04. The molecule has 0 radical (unpaired) electrons. The third-order valence-electron chi connectivity index (χ3n) is 2.85. The zero-order chi connectivity index (χ0) is 12.8. The molecular weight excluding hydrogens is 288 g/mol. The molecule has 18 heavy (non-hydrogen) atoms. The predicted molar refractivity (Wildman–Crippen MR) is 78.9 cm³/mol. The quantitative estimate of drug-likeness (QED) is 0.612. The van der Waals surface area contributed by atoms with E-state index in [0.717, 1.165) is 23.1 Å². The summed E-state index contributed by atoms with van der Waals surface area (Å²) >= 11 is 3.46. The second kappa shape index (κ2) is 6.64. The summed E-state index contributed by atoms with van der Waals surface area (Å²) in [6.07, 6.45) is 7.23. The Morgan fingerprint density at radius 1 is 1.00 bits per heavy atom. The van der Waals surface area contributed by atoms with Gasteiger partial charge in [0.25, 0.3) is 0 Å². The number of hydrogen-bond donors (Lipinski definition) is 0. The van der Waals surface area contributed by atoms with Crippen LogP contribution in [0.1, 0.15) is 24.0 Å². The zero-order valence-electron chi connectivity index (χ0n) is 10.6. The summed E-state index contributed by atoms with van der Waals surface area (Å²) in [5.41, 5.74) is 4.48. The lowest BCUT2D eigenvalue weighted by molar-refractivity contribution is 0.805. The van der Waals surface area contributed by atoms with Gasteiger partial charge in [-0.25, -0.2) is 0 Å². The van der Waals surface area contributed by atoms with Gasteiger partial charge in [0.15, 0.2) is 0 Å². The molecule has 0 amide bonds. The van der Waals surface area contributed by atoms with Gasteiger partial charge in [0.2, 0.25) is 0 Å². The summed E-state index contributed by atoms with van der Waals surface area (Å²) in [5, 5.41) is 1.07. The van der Waals surface area contributed by atoms with E-state index in [1.807, 2.05) is 18.5 Å². The van der Waals surface area contributed by atoms with Crippen molar-refractivity contribution in [2.24, 2.45) is 0 Å². The van der Waals surface area contributed by atoms with E-state index in [-0.39, 0.29) is 0 Å². The van der Waals surface area contributed by atoms with Crippen molar-refractivity contribution >= 4 is 15.9 Å². The van der Waals surface area contributed by atoms with Crippen LogP contribution in [0.15, 0.2) is 36.7 Å². The molecule has 0 saturated carbocycles. The molecule has 3 heteroatoms. The van der Waals surface area contributed by atoms with E-state index in [1.165, 1.54) is 24.0 Å². The van der Waals surface area contributed by atoms with Crippen LogP contribution in [-0.4, -0.2) is 15.3 Å². The van der Waals surface area contributed by atoms with Crippen LogP contribution < -0.4 is 0 Å². The second-order valence-electron chi connectivity index (χ2n) is 4.41. The van der Waals surface area contributed by atoms with Crippen LogP contribution in [0.2, 0.25) is 0 Å². The van der Waals surface area contributed by atoms with Crippen molar-refractivity contribution in [3.63, 3.8) is 0 Å². The Morgan fingerprint density at radius 2 is 1.72 bits per heavy atom. The number of nitrogens with zero attached hydrogens (tertiary/aromatic N) is 2. The van der Waals surface area contributed by atoms with Crippen LogP contribution in [0.3, 0.4) is 0 Å². The first kappa shape index (κ1) is 13.2. The molecule has 0 saturated heterocycles. The Bertz CT molecular complexity index is 511. The van der Waals surface area contributed by atoms with Crippen LogP contribution in [0.5, 0.6) is 0 Å². The van der Waals surface area contributed by atoms with Crippen molar-refractivity contribution in [2.75, 3.05) is 5.33 Å². The number of halogens is 1. The van der Waals surface area contributed by atoms with Gasteiger partial charge >= 0.3 is 0 Å². The highest BCUT2D eigenvalue weighted by Gasteiger charge is 2.02. The molecule has 2 nitrogen and oxygen atoms in total. The maximum atomic E-state index is 4.41. The highest BCUT2D eigenvalue weighted by atomic mass is 79.9. The van der Waals surface area contributed by atoms with Crippen molar-refractivity contribution in [1.82, 2.24) is 9.97 Å². The van der Waals surface area contributed by atoms with Crippen molar-refractivity contribution in [2.45, 2.75) is 26.2 Å². The molecule has 2 rings (SSSR count). The minimum atomic E-state index is 0.956. The predicted octanol–water partition coefficient (Wildman–Crippen LogP) is 4.17. The van der Waals surface area contributed by atoms with Gasteiger partial charge < -0.3 is 0 Å². The molecule has 0 spiro atoms. The molecule has 2 aromatic rings. The monoisotopic (exact) mass is 304 g/mol. The average molecular weight is 305 g/mol. The summed E-state index contributed by atoms with van der Waals surface area (Å²) in [7, 11) is 0. The van der Waals surface area contributed by atoms with E-state index in [2.05, 4.69) is 51.0 Å². The van der Waals surface area contributed by atoms with Gasteiger partial charge in [0.05, 0.1) is 11.4 Å². The van der Waals surface area contributed by atoms with Gasteiger partial charge in [-0.2, -0.15) is 0 Å². The van der Waals surface area contributed by atoms with Gasteiger partial charge in [-0.3, -0.25) is 9.97 Å². The molecule has 0 aliphatic heterocycles. The van der Waals surface area contributed by atoms with Crippen molar-refractivity contribution in [3.8, 4) is 11.4 Å². The van der Waals surface area contributed by atoms with Crippen LogP contribution >= 0.6 is 15.9 Å². The molecule has 0 aliphatic carbocycles. The number of aromatic nitrogens is 2. The fourth-order valence-electron chi connectivity index (χ4n) is 1.87. The molecule has 0 N–H and O–H groups in total. The largest absolute Gasteiger partial charge is 0.255 e. The van der Waals surface area contributed by atoms with Gasteiger partial charge in [0.1, 0.15) is 0 Å². The first-order chi connectivity index (χ1) is 8.79. The highest BCUT2D eigenvalue weighted by molar-refractivity contribution is 9.09. The number of alkyl halides is 1. The van der Waals surface area contributed by atoms with E-state index < -0.39 is 0 Å². The Morgan fingerprint density at radius 3 is 2.44 bits per heavy atom. The summed E-state index contributed by atoms with van der Waals surface area (Å²) in [6, 6.07) is 8.32. The van der Waals surface area contributed by atoms with E-state index in [1.54, 1.807) is 0 Å². The fourth-order valence-corrected chi connectivity index (χ4v) is 2.27. The zero-order valence-corrected chi connectivity index (χ0v) is 12.2. The molecule has 2 aromatic heterocycles. The summed E-state index contributed by atoms with van der Waals surface area (Å²) in [5.74, 6) is 0. The number of unbranched alkanes of at least 4 members (excludes halogenated alkanes) is 1. The minimum Gasteiger partial charge on any atom is -0.255 e. The molecular formula is C15H17BrN2. The second-order valence-corrected chi connectivity index (χ2v) is 5.21. The molecule has 0 atom stereocenters. The molecule has 0 fully saturated rings. The lowest BCUT2D eigenvalue weighted by atomic mass is 10.1. The van der Waals surface area contributed by atoms with Gasteiger partial charge in [-0.15, -0.1) is 0 Å². The molecule has 0 bridgehead atoms. The highest BCUT2D eigenvalue weighted by Crippen LogP contribution is 2.17. The minimum absolute atomic E-state index is 0.956. The Kier molecular flexibility index (Phi) is 4.88. The molecule has 0 aromatic carbocycles. The lowest BCUT2D eigenvalue weighted by Crippen LogP contribution is -1.92. The standard InChI is InChI=1S/C15H17BrN2/c1-12-5-8-17-14(10-12)15-11-13(6-9-18-15)4-2-3-7-16/h5-6,8-11H,2-4,7H2,1H3. The van der Waals surface area contributed by atoms with Crippen molar-refractivity contribution in [1.29, 1.82) is 0 Å². The number of pyridine rings is 2. The topological polar surface area (TPSA) is 25.8 Å². The first-order valence-electron chi connectivity index (χ1n) is 6.23. The van der Waals surface area contributed by atoms with E-state index in [0.29, 0.717) is 0 Å². The molecule has 2 heterocycles. The van der Waals surface area contributed by atoms with Crippen LogP contribution in [0.4, 0.5) is 0 Å². The fraction of sp³-hybridized carbons (Fsp3) is 0.333. The first-order valence-corrected chi connectivity index (χ1v) is 7.35. The Balaban J connectivity index is 2.16. The number of aryl methyl sites for hydroxylation is 2. The van der Waals surface area contributed by atoms with Gasteiger partial charge in [-0.1, -0.05) is 15.9 Å². The number of hydrogen-bond acceptors (Lipinski definition) is 2. The van der Waals surface area contributed by atoms with Crippen LogP contribution in [0.25, 0.3) is 11.4 Å². The summed E-state index contributed by atoms with van der Waals surface area (Å²) in [4.78, 5) is 8.78. The van der Waals surface area contributed by atoms with E-state index in [9.17, 15) is 0 Å². The van der Waals surface area contributed by atoms with Gasteiger partial charge in [0, 0.05) is 17.7 Å². The average Bonchev–Trinajstić information content (AvgIpc) is 2.39. The van der Waals surface area contributed by atoms with Crippen molar-refractivity contribution in [3.05, 3.63) is 47.8 Å². The molecule has 94 valence electrons. The third-order valence-corrected chi connectivity index (χ3v) is 3.41. The van der Waals surface area contributed by atoms with E-state index in [4.69, 9.17) is 0 Å². The molecule has 0 aliphatic rings. The van der Waals surface area contributed by atoms with Crippen molar-refractivity contribution < 1.29 is 0 Å². The SMILES string of the molecule is Cc1ccnc(-c2cc(CCCCBr)ccn2)c1. The maximum Gasteiger partial charge on any atom is 0.0888 e. The smallest absolute Gasteiger partial charge is 0.0888 e. The van der Waals surface area contributed by atoms with Gasteiger partial charge in [-0.05, 0) is 61.6 Å². The summed E-state index contributed by atoms with van der Waals surface area (Å²) < 4.78 is 0. The Labute approximate surface area is 117 Å². The number of rotatable bonds is 5. The maximum absolute atomic E-state index is 4.41. The third kappa shape index (κ3) is 3.64. The van der Waals surface area contributed by atoms with Crippen LogP contribution in [-0.2, 0) is 6.42 Å². The Hall–Kier alpha value is -1.22. The summed E-state index contributed by atoms with van der Waals surface area (Å²) in [6.45, 7) is 2.07. The normalized spacial score (nSPS) is 10.6. The van der Waals surface area contributed by atoms with E-state index >= 15 is 0 Å².